The number of furan rings is 5. The van der Waals surface area contributed by atoms with Gasteiger partial charge in [0.15, 0.2) is 58.9 Å². The third kappa shape index (κ3) is 18.4. The number of nitrogens with zero attached hydrogens (tertiary/aromatic N) is 10. The van der Waals surface area contributed by atoms with Crippen LogP contribution < -0.4 is 22.8 Å². The van der Waals surface area contributed by atoms with Gasteiger partial charge in [0.2, 0.25) is 57.0 Å². The zero-order chi connectivity index (χ0) is 122. The summed E-state index contributed by atoms with van der Waals surface area (Å²) >= 11 is 0. The van der Waals surface area contributed by atoms with Crippen LogP contribution in [0.1, 0.15) is 258 Å². The Hall–Kier alpha value is -13.4. The van der Waals surface area contributed by atoms with Crippen molar-refractivity contribution in [3.05, 3.63) is 295 Å². The molecule has 1 aliphatic carbocycles. The number of hydrogen-bond acceptors (Lipinski definition) is 10. The minimum atomic E-state index is -2.72. The Morgan fingerprint density at radius 1 is 0.360 bits per heavy atom. The molecule has 1 fully saturated rings. The summed E-state index contributed by atoms with van der Waals surface area (Å²) in [6.07, 6.45) is 7.76. The van der Waals surface area contributed by atoms with E-state index in [4.69, 9.17) is 66.8 Å². The molecule has 1 aliphatic rings. The Bertz CT molecular complexity index is 9250. The summed E-state index contributed by atoms with van der Waals surface area (Å²) in [6.45, 7) is 12.8. The first-order chi connectivity index (χ1) is 76.0. The first kappa shape index (κ1) is 64.5. The number of pyridine rings is 10. The van der Waals surface area contributed by atoms with Crippen LogP contribution in [0.4, 0.5) is 0 Å². The van der Waals surface area contributed by atoms with Gasteiger partial charge in [-0.1, -0.05) is 143 Å². The van der Waals surface area contributed by atoms with E-state index < -0.39 is 84.3 Å². The molecular formula is C121H135N10O5+5. The fourth-order valence-corrected chi connectivity index (χ4v) is 18.3. The summed E-state index contributed by atoms with van der Waals surface area (Å²) in [4.78, 5) is 23.1. The lowest BCUT2D eigenvalue weighted by atomic mass is 9.90. The number of rotatable bonds is 10. The van der Waals surface area contributed by atoms with E-state index in [1.807, 2.05) is 193 Å². The van der Waals surface area contributed by atoms with Crippen molar-refractivity contribution in [2.75, 3.05) is 0 Å². The average molecular weight is 1840 g/mol. The molecule has 0 saturated heterocycles. The summed E-state index contributed by atoms with van der Waals surface area (Å²) in [5.74, 6) is -3.88. The number of hydrogen-bond donors (Lipinski definition) is 0. The zero-order valence-corrected chi connectivity index (χ0v) is 81.4. The summed E-state index contributed by atoms with van der Waals surface area (Å²) in [6, 6.07) is 48.0. The maximum absolute atomic E-state index is 8.84. The lowest BCUT2D eigenvalue weighted by Gasteiger charge is -2.16. The first-order valence-corrected chi connectivity index (χ1v) is 45.7. The lowest BCUT2D eigenvalue weighted by molar-refractivity contribution is -0.660. The standard InChI is InChI=1S/C25H27N2O.C25H29N2O.2C24H27N2O.C23H25N2O/c1-15-9-10-19-20-11-12-21(18-7-5-6-8-18)26-25(20)28-24(19)23(15)22-13-16(2)17(3)14-27(22)4;1-15-8-10-19-20-11-9-18(13-25(4,5)6)26-24(20)28-23(19)22(15)21-12-16(2)17(3)14-27(21)7;1-14-8-9-17-18-10-11-20(24(4,5)6)25-23(18)27-22(17)21(14)19-12-15(2)16(3)13-26(19)7;1-14(2)11-18-8-10-20-19-9-7-15(3)22(23(19)27-24(20)25-18)21-12-16(4)17(5)13-26(21)6;1-13(2)19-10-9-18-17-8-7-14(3)21(22(17)26-23(18)24-19)20-11-15(4)16(5)12-25(20)6/h9-14,18H,5-8H2,1-4H3;8-12,14H,13H2,1-7H3;8-13H,1-7H3;7-10,12-14H,11H2,1-6H3;7-13H,1-6H3/q5*+1/i3D3,7D2,18D;3D3,4D3,5D3;3D3;1D3,5D3,14D;5D3,13D. The van der Waals surface area contributed by atoms with Gasteiger partial charge < -0.3 is 22.1 Å². The van der Waals surface area contributed by atoms with Crippen molar-refractivity contribution in [2.45, 2.75) is 228 Å². The molecule has 21 rings (SSSR count). The van der Waals surface area contributed by atoms with Crippen LogP contribution in [0, 0.1) is 115 Å². The molecule has 2 unspecified atom stereocenters. The largest absolute Gasteiger partial charge is 0.437 e. The third-order valence-corrected chi connectivity index (χ3v) is 25.9. The molecule has 694 valence electrons. The molecule has 0 amide bonds. The van der Waals surface area contributed by atoms with Crippen LogP contribution in [-0.4, -0.2) is 24.9 Å². The number of benzene rings is 5. The van der Waals surface area contributed by atoms with Crippen LogP contribution in [0.3, 0.4) is 0 Å². The second-order valence-corrected chi connectivity index (χ2v) is 38.2. The molecule has 0 radical (unpaired) electrons. The summed E-state index contributed by atoms with van der Waals surface area (Å²) < 4.78 is 269. The smallest absolute Gasteiger partial charge is 0.227 e. The van der Waals surface area contributed by atoms with Crippen molar-refractivity contribution in [3.63, 3.8) is 0 Å². The topological polar surface area (TPSA) is 150 Å². The van der Waals surface area contributed by atoms with E-state index in [9.17, 15) is 0 Å². The average Bonchev–Trinajstić information content (AvgIpc) is 1.57. The Labute approximate surface area is 842 Å². The molecule has 0 N–H and O–H groups in total. The third-order valence-electron chi connectivity index (χ3n) is 25.9. The van der Waals surface area contributed by atoms with Gasteiger partial charge in [-0.25, -0.2) is 47.8 Å². The zero-order valence-electron chi connectivity index (χ0n) is 110. The molecule has 0 aliphatic heterocycles. The van der Waals surface area contributed by atoms with E-state index in [1.54, 1.807) is 106 Å². The van der Waals surface area contributed by atoms with Crippen molar-refractivity contribution < 1.29 is 84.7 Å². The fraction of sp³-hybridized carbons (Fsp3) is 0.339. The highest BCUT2D eigenvalue weighted by molar-refractivity contribution is 6.13. The van der Waals surface area contributed by atoms with Crippen molar-refractivity contribution in [3.8, 4) is 56.3 Å². The van der Waals surface area contributed by atoms with Gasteiger partial charge in [-0.3, -0.25) is 0 Å². The monoisotopic (exact) mass is 1840 g/mol. The van der Waals surface area contributed by atoms with E-state index in [-0.39, 0.29) is 29.5 Å². The molecule has 0 spiro atoms. The van der Waals surface area contributed by atoms with E-state index in [0.717, 1.165) is 149 Å². The molecule has 2 atom stereocenters. The quantitative estimate of drug-likeness (QED) is 0.121. The maximum Gasteiger partial charge on any atom is 0.227 e. The summed E-state index contributed by atoms with van der Waals surface area (Å²) in [5.41, 5.74) is 24.8. The minimum absolute atomic E-state index is 0.0346. The van der Waals surface area contributed by atoms with E-state index in [0.29, 0.717) is 137 Å². The van der Waals surface area contributed by atoms with Crippen molar-refractivity contribution >= 4 is 110 Å². The molecule has 15 nitrogen and oxygen atoms in total. The summed E-state index contributed by atoms with van der Waals surface area (Å²) in [7, 11) is 9.15. The highest BCUT2D eigenvalue weighted by atomic mass is 16.4. The van der Waals surface area contributed by atoms with E-state index >= 15 is 0 Å². The molecule has 20 aromatic rings. The summed E-state index contributed by atoms with van der Waals surface area (Å²) in [5, 5.41) is 8.68. The highest BCUT2D eigenvalue weighted by Gasteiger charge is 2.31. The molecule has 15 heterocycles. The maximum atomic E-state index is 8.84. The second-order valence-electron chi connectivity index (χ2n) is 38.2. The van der Waals surface area contributed by atoms with Crippen LogP contribution in [0.2, 0.25) is 0 Å². The number of aryl methyl sites for hydroxylation is 20. The molecule has 136 heavy (non-hydrogen) atoms. The van der Waals surface area contributed by atoms with Gasteiger partial charge in [0.25, 0.3) is 0 Å². The van der Waals surface area contributed by atoms with Gasteiger partial charge in [0, 0.05) is 192 Å². The van der Waals surface area contributed by atoms with Gasteiger partial charge in [0.1, 0.15) is 35.2 Å². The van der Waals surface area contributed by atoms with Crippen molar-refractivity contribution in [2.24, 2.45) is 46.5 Å². The lowest BCUT2D eigenvalue weighted by Crippen LogP contribution is -2.31. The van der Waals surface area contributed by atoms with Gasteiger partial charge in [-0.05, 0) is 263 Å². The SMILES string of the molecule is [2H]C([2H])([2H])c1c[n+](C)c(-c2c(C)ccc3c2oc2nc(C(C)(C)C)ccc23)cc1C.[2H]C([2H])([2H])c1c[n+](C)c(-c2c(C)ccc3c2oc2nc(C([2H])(C)C)ccc23)cc1C.[2H]C([2H])([2H])c1c[n+](C)c(-c2c(C)ccc3c2oc2nc(C4([2H])CCCC4([2H])[2H])ccc23)cc1C.[2H]C([2H])([2H])c1c[n+](C)c(-c2c(C)ccc3c2oc2nc(CC(C)(C([2H])([2H])[2H])C([2H])([2H])[2H])ccc23)cc1C.[2H]C([2H])([2H])c1c[n+](C)c(-c2c(C)ccc3c2oc2nc(CC([2H])(C)C([2H])([2H])[2H])ccc23)cc1C. The molecule has 1 saturated carbocycles. The van der Waals surface area contributed by atoms with E-state index in [2.05, 4.69) is 65.0 Å². The van der Waals surface area contributed by atoms with Gasteiger partial charge in [0.05, 0.1) is 27.8 Å². The normalized spacial score (nSPS) is 18.4. The highest BCUT2D eigenvalue weighted by Crippen LogP contribution is 2.45. The number of fused-ring (bicyclic) bond motifs is 15. The van der Waals surface area contributed by atoms with Crippen molar-refractivity contribution in [1.82, 2.24) is 24.9 Å². The molecule has 15 aromatic heterocycles. The molecule has 0 bridgehead atoms. The Kier molecular flexibility index (Phi) is 17.6. The van der Waals surface area contributed by atoms with Gasteiger partial charge in [-0.2, -0.15) is 0 Å². The van der Waals surface area contributed by atoms with Crippen LogP contribution in [0.5, 0.6) is 0 Å². The fourth-order valence-electron chi connectivity index (χ4n) is 18.3. The van der Waals surface area contributed by atoms with Gasteiger partial charge in [-0.15, -0.1) is 0 Å². The van der Waals surface area contributed by atoms with E-state index in [1.165, 1.54) is 13.8 Å². The van der Waals surface area contributed by atoms with Crippen LogP contribution in [0.15, 0.2) is 205 Å². The van der Waals surface area contributed by atoms with Gasteiger partial charge >= 0.3 is 0 Å². The Morgan fingerprint density at radius 2 is 0.669 bits per heavy atom. The number of aromatic nitrogens is 10. The van der Waals surface area contributed by atoms with Crippen molar-refractivity contribution in [1.29, 1.82) is 0 Å². The Balaban J connectivity index is 0.000000138. The van der Waals surface area contributed by atoms with Crippen LogP contribution >= 0.6 is 0 Å². The van der Waals surface area contributed by atoms with Crippen LogP contribution in [0.25, 0.3) is 167 Å². The Morgan fingerprint density at radius 3 is 0.993 bits per heavy atom. The predicted octanol–water partition coefficient (Wildman–Crippen LogP) is 28.9. The first-order valence-electron chi connectivity index (χ1n) is 60.2. The second kappa shape index (κ2) is 37.0. The van der Waals surface area contributed by atoms with Crippen LogP contribution in [-0.2, 0) is 53.5 Å². The molecule has 5 aromatic carbocycles. The minimum Gasteiger partial charge on any atom is -0.437 e. The molecular weight excluding hydrogens is 1670 g/mol. The predicted molar refractivity (Wildman–Crippen MR) is 557 cm³/mol. The molecule has 15 heteroatoms.